The number of hydrogen-bond donors (Lipinski definition) is 1. The molecule has 0 aliphatic rings. The van der Waals surface area contributed by atoms with Crippen LogP contribution < -0.4 is 10.9 Å². The van der Waals surface area contributed by atoms with Crippen molar-refractivity contribution in [3.8, 4) is 0 Å². The number of benzene rings is 2. The van der Waals surface area contributed by atoms with E-state index >= 15 is 0 Å². The molecule has 0 bridgehead atoms. The molecule has 0 aliphatic heterocycles. The molecule has 30 heavy (non-hydrogen) atoms. The van der Waals surface area contributed by atoms with Crippen LogP contribution in [0.15, 0.2) is 63.8 Å². The predicted octanol–water partition coefficient (Wildman–Crippen LogP) is 4.31. The average molecular weight is 423 g/mol. The third kappa shape index (κ3) is 4.16. The van der Waals surface area contributed by atoms with Crippen LogP contribution in [0.5, 0.6) is 0 Å². The van der Waals surface area contributed by atoms with Crippen molar-refractivity contribution < 1.29 is 18.7 Å². The van der Waals surface area contributed by atoms with Crippen LogP contribution in [0.25, 0.3) is 21.9 Å². The standard InChI is InChI=1S/C22H15ClN2O5/c1-12(26)24-16-4-5-17-15(9-21(27)30-19(17)10-16)11-29-22(28)14-2-6-18-13(8-14)3-7-20(23)25-18/h2-10H,11H2,1H3,(H,24,26). The first kappa shape index (κ1) is 19.6. The summed E-state index contributed by atoms with van der Waals surface area (Å²) in [6, 6.07) is 14.6. The van der Waals surface area contributed by atoms with E-state index in [1.807, 2.05) is 0 Å². The van der Waals surface area contributed by atoms with Crippen LogP contribution in [0.3, 0.4) is 0 Å². The van der Waals surface area contributed by atoms with Crippen molar-refractivity contribution in [1.29, 1.82) is 0 Å². The fraction of sp³-hybridized carbons (Fsp3) is 0.0909. The first-order valence-corrected chi connectivity index (χ1v) is 9.35. The lowest BCUT2D eigenvalue weighted by atomic mass is 10.1. The van der Waals surface area contributed by atoms with Gasteiger partial charge in [0.2, 0.25) is 5.91 Å². The normalized spacial score (nSPS) is 10.9. The van der Waals surface area contributed by atoms with E-state index < -0.39 is 11.6 Å². The highest BCUT2D eigenvalue weighted by molar-refractivity contribution is 6.29. The minimum atomic E-state index is -0.581. The highest BCUT2D eigenvalue weighted by atomic mass is 35.5. The molecular weight excluding hydrogens is 408 g/mol. The Hall–Kier alpha value is -3.71. The van der Waals surface area contributed by atoms with Crippen LogP contribution in [-0.2, 0) is 16.1 Å². The van der Waals surface area contributed by atoms with Gasteiger partial charge in [0.25, 0.3) is 0 Å². The second-order valence-corrected chi connectivity index (χ2v) is 6.99. The molecule has 0 atom stereocenters. The van der Waals surface area contributed by atoms with Crippen molar-refractivity contribution in [3.05, 3.63) is 81.3 Å². The fourth-order valence-corrected chi connectivity index (χ4v) is 3.24. The second-order valence-electron chi connectivity index (χ2n) is 6.60. The molecule has 0 fully saturated rings. The summed E-state index contributed by atoms with van der Waals surface area (Å²) in [5, 5.41) is 4.36. The van der Waals surface area contributed by atoms with E-state index in [1.54, 1.807) is 48.5 Å². The monoisotopic (exact) mass is 422 g/mol. The molecule has 4 aromatic rings. The van der Waals surface area contributed by atoms with Gasteiger partial charge >= 0.3 is 11.6 Å². The van der Waals surface area contributed by atoms with Crippen molar-refractivity contribution in [3.63, 3.8) is 0 Å². The Bertz CT molecular complexity index is 1360. The quantitative estimate of drug-likeness (QED) is 0.299. The van der Waals surface area contributed by atoms with Gasteiger partial charge in [0.1, 0.15) is 17.3 Å². The van der Waals surface area contributed by atoms with E-state index in [2.05, 4.69) is 10.3 Å². The maximum absolute atomic E-state index is 12.5. The molecule has 1 amide bonds. The van der Waals surface area contributed by atoms with E-state index in [9.17, 15) is 14.4 Å². The summed E-state index contributed by atoms with van der Waals surface area (Å²) >= 11 is 5.88. The molecule has 0 saturated heterocycles. The Morgan fingerprint density at radius 3 is 2.73 bits per heavy atom. The maximum atomic E-state index is 12.5. The van der Waals surface area contributed by atoms with Gasteiger partial charge in [-0.25, -0.2) is 14.6 Å². The first-order valence-electron chi connectivity index (χ1n) is 8.97. The topological polar surface area (TPSA) is 98.5 Å². The number of aromatic nitrogens is 1. The second kappa shape index (κ2) is 7.96. The summed E-state index contributed by atoms with van der Waals surface area (Å²) in [4.78, 5) is 39.8. The van der Waals surface area contributed by atoms with Crippen LogP contribution in [0.1, 0.15) is 22.8 Å². The van der Waals surface area contributed by atoms with Gasteiger partial charge in [-0.2, -0.15) is 0 Å². The summed E-state index contributed by atoms with van der Waals surface area (Å²) < 4.78 is 10.6. The van der Waals surface area contributed by atoms with Crippen LogP contribution in [-0.4, -0.2) is 16.9 Å². The molecule has 0 radical (unpaired) electrons. The molecule has 0 aliphatic carbocycles. The van der Waals surface area contributed by atoms with E-state index in [0.717, 1.165) is 5.39 Å². The third-order valence-corrected chi connectivity index (χ3v) is 4.61. The van der Waals surface area contributed by atoms with Crippen molar-refractivity contribution in [2.75, 3.05) is 5.32 Å². The number of pyridine rings is 1. The van der Waals surface area contributed by atoms with Crippen LogP contribution in [0.2, 0.25) is 5.15 Å². The van der Waals surface area contributed by atoms with E-state index in [0.29, 0.717) is 32.9 Å². The number of hydrogen-bond acceptors (Lipinski definition) is 6. The van der Waals surface area contributed by atoms with Gasteiger partial charge in [-0.3, -0.25) is 4.79 Å². The molecule has 0 unspecified atom stereocenters. The van der Waals surface area contributed by atoms with Crippen molar-refractivity contribution in [1.82, 2.24) is 4.98 Å². The Morgan fingerprint density at radius 2 is 1.93 bits per heavy atom. The minimum absolute atomic E-state index is 0.114. The lowest BCUT2D eigenvalue weighted by Gasteiger charge is -2.09. The van der Waals surface area contributed by atoms with Gasteiger partial charge in [-0.1, -0.05) is 11.6 Å². The molecule has 4 rings (SSSR count). The summed E-state index contributed by atoms with van der Waals surface area (Å²) in [5.41, 5.74) is 1.72. The van der Waals surface area contributed by atoms with Gasteiger partial charge in [-0.15, -0.1) is 0 Å². The molecule has 2 heterocycles. The highest BCUT2D eigenvalue weighted by Gasteiger charge is 2.12. The van der Waals surface area contributed by atoms with Gasteiger partial charge in [0, 0.05) is 41.1 Å². The van der Waals surface area contributed by atoms with Crippen molar-refractivity contribution >= 4 is 51.0 Å². The average Bonchev–Trinajstić information content (AvgIpc) is 2.70. The summed E-state index contributed by atoms with van der Waals surface area (Å²) in [6.07, 6.45) is 0. The lowest BCUT2D eigenvalue weighted by molar-refractivity contribution is -0.114. The molecule has 2 aromatic carbocycles. The van der Waals surface area contributed by atoms with Gasteiger partial charge in [0.15, 0.2) is 0 Å². The van der Waals surface area contributed by atoms with Crippen LogP contribution >= 0.6 is 11.6 Å². The number of carbonyl (C=O) groups excluding carboxylic acids is 2. The Balaban J connectivity index is 1.58. The number of esters is 1. The number of carbonyl (C=O) groups is 2. The van der Waals surface area contributed by atoms with E-state index in [4.69, 9.17) is 20.8 Å². The molecule has 8 heteroatoms. The SMILES string of the molecule is CC(=O)Nc1ccc2c(COC(=O)c3ccc4nc(Cl)ccc4c3)cc(=O)oc2c1. The van der Waals surface area contributed by atoms with Crippen LogP contribution in [0.4, 0.5) is 5.69 Å². The smallest absolute Gasteiger partial charge is 0.338 e. The van der Waals surface area contributed by atoms with Crippen LogP contribution in [0, 0.1) is 0 Å². The highest BCUT2D eigenvalue weighted by Crippen LogP contribution is 2.23. The first-order chi connectivity index (χ1) is 14.4. The van der Waals surface area contributed by atoms with Gasteiger partial charge in [-0.05, 0) is 42.5 Å². The summed E-state index contributed by atoms with van der Waals surface area (Å²) in [5.74, 6) is -0.780. The zero-order valence-electron chi connectivity index (χ0n) is 15.8. The molecule has 1 N–H and O–H groups in total. The molecular formula is C22H15ClN2O5. The predicted molar refractivity (Wildman–Crippen MR) is 113 cm³/mol. The number of anilines is 1. The number of fused-ring (bicyclic) bond motifs is 2. The number of halogens is 1. The summed E-state index contributed by atoms with van der Waals surface area (Å²) in [7, 11) is 0. The molecule has 150 valence electrons. The number of amides is 1. The molecule has 2 aromatic heterocycles. The Kier molecular flexibility index (Phi) is 5.20. The third-order valence-electron chi connectivity index (χ3n) is 4.40. The van der Waals surface area contributed by atoms with Crippen molar-refractivity contribution in [2.45, 2.75) is 13.5 Å². The van der Waals surface area contributed by atoms with E-state index in [1.165, 1.54) is 13.0 Å². The van der Waals surface area contributed by atoms with Gasteiger partial charge in [0.05, 0.1) is 11.1 Å². The largest absolute Gasteiger partial charge is 0.457 e. The molecule has 0 saturated carbocycles. The number of nitrogens with one attached hydrogen (secondary N) is 1. The number of ether oxygens (including phenoxy) is 1. The fourth-order valence-electron chi connectivity index (χ4n) is 3.08. The van der Waals surface area contributed by atoms with Crippen molar-refractivity contribution in [2.24, 2.45) is 0 Å². The minimum Gasteiger partial charge on any atom is -0.457 e. The number of rotatable bonds is 4. The van der Waals surface area contributed by atoms with Gasteiger partial charge < -0.3 is 14.5 Å². The molecule has 7 nitrogen and oxygen atoms in total. The lowest BCUT2D eigenvalue weighted by Crippen LogP contribution is -2.09. The Labute approximate surface area is 175 Å². The Morgan fingerprint density at radius 1 is 1.10 bits per heavy atom. The zero-order valence-corrected chi connectivity index (χ0v) is 16.5. The number of nitrogens with zero attached hydrogens (tertiary/aromatic N) is 1. The summed E-state index contributed by atoms with van der Waals surface area (Å²) in [6.45, 7) is 1.27. The zero-order chi connectivity index (χ0) is 21.3. The maximum Gasteiger partial charge on any atom is 0.338 e. The van der Waals surface area contributed by atoms with E-state index in [-0.39, 0.29) is 18.1 Å². The molecule has 0 spiro atoms.